The summed E-state index contributed by atoms with van der Waals surface area (Å²) in [7, 11) is 0. The number of carbonyl (C=O) groups is 2. The molecule has 2 fully saturated rings. The van der Waals surface area contributed by atoms with Crippen molar-refractivity contribution in [2.45, 2.75) is 31.5 Å². The molecule has 1 aromatic rings. The van der Waals surface area contributed by atoms with Crippen LogP contribution in [0.15, 0.2) is 12.1 Å². The molecule has 3 rings (SSSR count). The number of rotatable bonds is 9. The Hall–Kier alpha value is -1.90. The minimum absolute atomic E-state index is 0.290. The minimum Gasteiger partial charge on any atom is -0.492 e. The van der Waals surface area contributed by atoms with Crippen LogP contribution in [0.4, 0.5) is 11.4 Å². The summed E-state index contributed by atoms with van der Waals surface area (Å²) in [5, 5.41) is 2.74. The number of anilines is 2. The third kappa shape index (κ3) is 5.30. The molecule has 1 aromatic carbocycles. The van der Waals surface area contributed by atoms with E-state index in [1.807, 2.05) is 19.9 Å². The number of benzene rings is 1. The van der Waals surface area contributed by atoms with Gasteiger partial charge in [-0.05, 0) is 20.8 Å². The summed E-state index contributed by atoms with van der Waals surface area (Å²) in [4.78, 5) is 26.8. The monoisotopic (exact) mass is 474 g/mol. The Bertz CT molecular complexity index is 828. The highest BCUT2D eigenvalue weighted by Gasteiger charge is 2.69. The van der Waals surface area contributed by atoms with Crippen LogP contribution in [0.2, 0.25) is 0 Å². The first-order valence-corrected chi connectivity index (χ1v) is 11.1. The molecule has 0 aromatic heterocycles. The summed E-state index contributed by atoms with van der Waals surface area (Å²) < 4.78 is 21.0. The number of halogens is 2. The van der Waals surface area contributed by atoms with E-state index >= 15 is 0 Å². The van der Waals surface area contributed by atoms with Gasteiger partial charge in [0.25, 0.3) is 5.91 Å². The number of amides is 1. The molecule has 1 heterocycles. The molecule has 1 amide bonds. The van der Waals surface area contributed by atoms with Gasteiger partial charge in [0.1, 0.15) is 21.2 Å². The molecule has 0 unspecified atom stereocenters. The van der Waals surface area contributed by atoms with Crippen molar-refractivity contribution in [3.05, 3.63) is 12.1 Å². The van der Waals surface area contributed by atoms with Crippen molar-refractivity contribution in [3.8, 4) is 11.5 Å². The van der Waals surface area contributed by atoms with Gasteiger partial charge >= 0.3 is 5.97 Å². The zero-order valence-electron chi connectivity index (χ0n) is 18.0. The predicted octanol–water partition coefficient (Wildman–Crippen LogP) is 3.39. The Morgan fingerprint density at radius 3 is 2.32 bits per heavy atom. The molecule has 8 nitrogen and oxygen atoms in total. The number of hydrogen-bond acceptors (Lipinski definition) is 7. The lowest BCUT2D eigenvalue weighted by atomic mass is 10.1. The molecular weight excluding hydrogens is 447 g/mol. The van der Waals surface area contributed by atoms with Crippen molar-refractivity contribution in [1.29, 1.82) is 0 Å². The number of carbonyl (C=O) groups excluding carboxylic acids is 2. The SMILES string of the molecule is CCOc1cc(N2CCOCC2)c(OCC)cc1NC(=O)COC(=O)[C@@]1(C)CC1(Cl)Cl. The number of nitrogens with one attached hydrogen (secondary N) is 1. The number of nitrogens with zero attached hydrogens (tertiary/aromatic N) is 1. The number of alkyl halides is 2. The van der Waals surface area contributed by atoms with Crippen LogP contribution >= 0.6 is 23.2 Å². The molecule has 10 heteroatoms. The van der Waals surface area contributed by atoms with E-state index < -0.39 is 28.2 Å². The molecule has 1 aliphatic carbocycles. The maximum absolute atomic E-state index is 12.5. The largest absolute Gasteiger partial charge is 0.492 e. The summed E-state index contributed by atoms with van der Waals surface area (Å²) in [6.07, 6.45) is 0.290. The fourth-order valence-electron chi connectivity index (χ4n) is 3.34. The van der Waals surface area contributed by atoms with E-state index in [9.17, 15) is 9.59 Å². The van der Waals surface area contributed by atoms with Gasteiger partial charge in [0.05, 0.1) is 37.8 Å². The lowest BCUT2D eigenvalue weighted by molar-refractivity contribution is -0.152. The van der Waals surface area contributed by atoms with Gasteiger partial charge in [0, 0.05) is 31.6 Å². The highest BCUT2D eigenvalue weighted by Crippen LogP contribution is 2.64. The standard InChI is InChI=1S/C21H28Cl2N2O6/c1-4-29-16-11-15(25-6-8-28-9-7-25)17(30-5-2)10-14(16)24-18(26)12-31-19(27)20(3)13-21(20,22)23/h10-11H,4-9,12-13H2,1-3H3,(H,24,26)/t20-/m1/s1. The normalized spacial score (nSPS) is 21.9. The van der Waals surface area contributed by atoms with Gasteiger partial charge in [-0.2, -0.15) is 0 Å². The fraction of sp³-hybridized carbons (Fsp3) is 0.619. The van der Waals surface area contributed by atoms with Crippen molar-refractivity contribution in [2.75, 3.05) is 56.3 Å². The summed E-state index contributed by atoms with van der Waals surface area (Å²) in [5.74, 6) is 0.0201. The first-order chi connectivity index (χ1) is 14.7. The molecule has 0 spiro atoms. The molecule has 1 aliphatic heterocycles. The molecule has 2 aliphatic rings. The van der Waals surface area contributed by atoms with Crippen LogP contribution in [0.1, 0.15) is 27.2 Å². The lowest BCUT2D eigenvalue weighted by Gasteiger charge is -2.31. The predicted molar refractivity (Wildman–Crippen MR) is 119 cm³/mol. The van der Waals surface area contributed by atoms with Gasteiger partial charge in [-0.1, -0.05) is 0 Å². The Labute approximate surface area is 192 Å². The van der Waals surface area contributed by atoms with Gasteiger partial charge in [-0.15, -0.1) is 23.2 Å². The Morgan fingerprint density at radius 1 is 1.13 bits per heavy atom. The summed E-state index contributed by atoms with van der Waals surface area (Å²) in [5.41, 5.74) is 0.319. The second-order valence-corrected chi connectivity index (χ2v) is 9.10. The van der Waals surface area contributed by atoms with Crippen molar-refractivity contribution < 1.29 is 28.5 Å². The second-order valence-electron chi connectivity index (χ2n) is 7.62. The molecular formula is C21H28Cl2N2O6. The van der Waals surface area contributed by atoms with E-state index in [-0.39, 0.29) is 0 Å². The maximum Gasteiger partial charge on any atom is 0.315 e. The van der Waals surface area contributed by atoms with E-state index in [2.05, 4.69) is 10.2 Å². The molecule has 0 radical (unpaired) electrons. The van der Waals surface area contributed by atoms with Gasteiger partial charge < -0.3 is 29.2 Å². The third-order valence-corrected chi connectivity index (χ3v) is 6.43. The van der Waals surface area contributed by atoms with Crippen LogP contribution in [-0.2, 0) is 19.1 Å². The smallest absolute Gasteiger partial charge is 0.315 e. The average Bonchev–Trinajstić information content (AvgIpc) is 3.27. The summed E-state index contributed by atoms with van der Waals surface area (Å²) >= 11 is 12.0. The van der Waals surface area contributed by atoms with Crippen LogP contribution in [0, 0.1) is 5.41 Å². The number of morpholine rings is 1. The molecule has 1 saturated carbocycles. The van der Waals surface area contributed by atoms with Gasteiger partial charge in [0.2, 0.25) is 0 Å². The van der Waals surface area contributed by atoms with Gasteiger partial charge in [-0.25, -0.2) is 0 Å². The fourth-order valence-corrected chi connectivity index (χ4v) is 4.03. The van der Waals surface area contributed by atoms with Crippen LogP contribution in [0.25, 0.3) is 0 Å². The molecule has 1 saturated heterocycles. The Morgan fingerprint density at radius 2 is 1.74 bits per heavy atom. The quantitative estimate of drug-likeness (QED) is 0.433. The van der Waals surface area contributed by atoms with Crippen LogP contribution < -0.4 is 19.7 Å². The van der Waals surface area contributed by atoms with E-state index in [4.69, 9.17) is 42.1 Å². The third-order valence-electron chi connectivity index (χ3n) is 5.33. The Balaban J connectivity index is 1.73. The molecule has 1 atom stereocenters. The maximum atomic E-state index is 12.5. The van der Waals surface area contributed by atoms with Crippen LogP contribution in [0.3, 0.4) is 0 Å². The Kier molecular flexibility index (Phi) is 7.44. The average molecular weight is 475 g/mol. The lowest BCUT2D eigenvalue weighted by Crippen LogP contribution is -2.36. The first kappa shape index (κ1) is 23.8. The van der Waals surface area contributed by atoms with E-state index in [1.165, 1.54) is 0 Å². The molecule has 1 N–H and O–H groups in total. The summed E-state index contributed by atoms with van der Waals surface area (Å²) in [6.45, 7) is 8.51. The first-order valence-electron chi connectivity index (χ1n) is 10.3. The highest BCUT2D eigenvalue weighted by atomic mass is 35.5. The van der Waals surface area contributed by atoms with Crippen LogP contribution in [0.5, 0.6) is 11.5 Å². The molecule has 0 bridgehead atoms. The van der Waals surface area contributed by atoms with E-state index in [1.54, 1.807) is 13.0 Å². The van der Waals surface area contributed by atoms with E-state index in [0.717, 1.165) is 18.8 Å². The summed E-state index contributed by atoms with van der Waals surface area (Å²) in [6, 6.07) is 3.58. The van der Waals surface area contributed by atoms with Gasteiger partial charge in [-0.3, -0.25) is 9.59 Å². The number of hydrogen-bond donors (Lipinski definition) is 1. The van der Waals surface area contributed by atoms with Crippen molar-refractivity contribution >= 4 is 46.5 Å². The second kappa shape index (κ2) is 9.71. The number of esters is 1. The minimum atomic E-state index is -1.15. The molecule has 31 heavy (non-hydrogen) atoms. The molecule has 172 valence electrons. The zero-order valence-corrected chi connectivity index (χ0v) is 19.5. The van der Waals surface area contributed by atoms with E-state index in [0.29, 0.717) is 50.0 Å². The van der Waals surface area contributed by atoms with Crippen molar-refractivity contribution in [3.63, 3.8) is 0 Å². The van der Waals surface area contributed by atoms with Crippen molar-refractivity contribution in [2.24, 2.45) is 5.41 Å². The van der Waals surface area contributed by atoms with Gasteiger partial charge in [0.15, 0.2) is 6.61 Å². The zero-order chi connectivity index (χ0) is 22.6. The van der Waals surface area contributed by atoms with Crippen molar-refractivity contribution in [1.82, 2.24) is 0 Å². The number of ether oxygens (including phenoxy) is 4. The van der Waals surface area contributed by atoms with Crippen LogP contribution in [-0.4, -0.2) is 62.3 Å². The highest BCUT2D eigenvalue weighted by molar-refractivity contribution is 6.53. The topological polar surface area (TPSA) is 86.3 Å².